The summed E-state index contributed by atoms with van der Waals surface area (Å²) in [6, 6.07) is 5.90. The Bertz CT molecular complexity index is 325. The molecule has 3 heteroatoms. The minimum absolute atomic E-state index is 0.102. The predicted octanol–water partition coefficient (Wildman–Crippen LogP) is 3.06. The third kappa shape index (κ3) is 2.86. The molecule has 0 fully saturated rings. The lowest BCUT2D eigenvalue weighted by Gasteiger charge is -2.15. The van der Waals surface area contributed by atoms with Crippen molar-refractivity contribution in [1.29, 1.82) is 0 Å². The van der Waals surface area contributed by atoms with E-state index in [1.807, 2.05) is 12.1 Å². The van der Waals surface area contributed by atoms with Crippen LogP contribution in [0.25, 0.3) is 0 Å². The quantitative estimate of drug-likeness (QED) is 0.803. The number of rotatable bonds is 4. The van der Waals surface area contributed by atoms with Crippen LogP contribution in [0.4, 0.5) is 0 Å². The number of nitrogens with two attached hydrogens (primary N) is 1. The summed E-state index contributed by atoms with van der Waals surface area (Å²) in [6.45, 7) is 4.27. The second kappa shape index (κ2) is 5.38. The van der Waals surface area contributed by atoms with Crippen LogP contribution in [0, 0.1) is 0 Å². The molecular formula is C12H18ClNO. The number of alkyl halides is 1. The van der Waals surface area contributed by atoms with E-state index in [0.717, 1.165) is 11.3 Å². The number of hydrogen-bond acceptors (Lipinski definition) is 2. The van der Waals surface area contributed by atoms with Crippen LogP contribution < -0.4 is 10.5 Å². The molecule has 15 heavy (non-hydrogen) atoms. The molecule has 0 aliphatic heterocycles. The molecule has 0 bridgehead atoms. The Morgan fingerprint density at radius 1 is 1.40 bits per heavy atom. The molecule has 1 aromatic carbocycles. The van der Waals surface area contributed by atoms with Crippen molar-refractivity contribution in [3.63, 3.8) is 0 Å². The first-order valence-electron chi connectivity index (χ1n) is 5.09. The smallest absolute Gasteiger partial charge is 0.122 e. The fraction of sp³-hybridized carbons (Fsp3) is 0.500. The number of ether oxygens (including phenoxy) is 1. The molecule has 0 radical (unpaired) electrons. The van der Waals surface area contributed by atoms with Gasteiger partial charge in [0.25, 0.3) is 0 Å². The summed E-state index contributed by atoms with van der Waals surface area (Å²) in [5.41, 5.74) is 8.12. The van der Waals surface area contributed by atoms with Crippen LogP contribution in [0.3, 0.4) is 0 Å². The lowest BCUT2D eigenvalue weighted by Crippen LogP contribution is -2.12. The Labute approximate surface area is 96.4 Å². The van der Waals surface area contributed by atoms with Crippen molar-refractivity contribution < 1.29 is 4.74 Å². The van der Waals surface area contributed by atoms with Crippen molar-refractivity contribution >= 4 is 11.6 Å². The molecule has 1 rings (SSSR count). The molecule has 0 saturated carbocycles. The number of halogens is 1. The van der Waals surface area contributed by atoms with Crippen LogP contribution in [-0.2, 0) is 0 Å². The molecule has 0 amide bonds. The predicted molar refractivity (Wildman–Crippen MR) is 64.7 cm³/mol. The maximum absolute atomic E-state index is 5.88. The van der Waals surface area contributed by atoms with Crippen molar-refractivity contribution in [2.75, 3.05) is 13.0 Å². The SMILES string of the molecule is COc1ccc(C(N)CCl)cc1C(C)C. The van der Waals surface area contributed by atoms with Crippen LogP contribution in [0.15, 0.2) is 18.2 Å². The Hall–Kier alpha value is -0.730. The molecule has 1 unspecified atom stereocenters. The topological polar surface area (TPSA) is 35.2 Å². The first-order chi connectivity index (χ1) is 7.10. The van der Waals surface area contributed by atoms with Gasteiger partial charge in [-0.3, -0.25) is 0 Å². The third-order valence-corrected chi connectivity index (χ3v) is 2.80. The average molecular weight is 228 g/mol. The van der Waals surface area contributed by atoms with Gasteiger partial charge in [0.1, 0.15) is 5.75 Å². The fourth-order valence-electron chi connectivity index (χ4n) is 1.52. The Kier molecular flexibility index (Phi) is 4.43. The van der Waals surface area contributed by atoms with Crippen LogP contribution in [0.2, 0.25) is 0 Å². The van der Waals surface area contributed by atoms with E-state index in [2.05, 4.69) is 19.9 Å². The highest BCUT2D eigenvalue weighted by Crippen LogP contribution is 2.29. The zero-order chi connectivity index (χ0) is 11.4. The summed E-state index contributed by atoms with van der Waals surface area (Å²) in [4.78, 5) is 0. The Balaban J connectivity index is 3.10. The van der Waals surface area contributed by atoms with E-state index in [9.17, 15) is 0 Å². The molecule has 2 nitrogen and oxygen atoms in total. The van der Waals surface area contributed by atoms with E-state index >= 15 is 0 Å². The van der Waals surface area contributed by atoms with Gasteiger partial charge in [0.2, 0.25) is 0 Å². The van der Waals surface area contributed by atoms with Gasteiger partial charge in [0, 0.05) is 11.9 Å². The lowest BCUT2D eigenvalue weighted by atomic mass is 9.97. The molecule has 0 aliphatic rings. The first kappa shape index (κ1) is 12.3. The fourth-order valence-corrected chi connectivity index (χ4v) is 1.70. The van der Waals surface area contributed by atoms with Crippen LogP contribution in [0.1, 0.15) is 36.9 Å². The van der Waals surface area contributed by atoms with Crippen molar-refractivity contribution in [2.24, 2.45) is 5.73 Å². The van der Waals surface area contributed by atoms with Gasteiger partial charge in [0.05, 0.1) is 7.11 Å². The van der Waals surface area contributed by atoms with Crippen LogP contribution in [-0.4, -0.2) is 13.0 Å². The lowest BCUT2D eigenvalue weighted by molar-refractivity contribution is 0.407. The average Bonchev–Trinajstić information content (AvgIpc) is 2.27. The molecule has 84 valence electrons. The van der Waals surface area contributed by atoms with E-state index in [1.54, 1.807) is 7.11 Å². The molecule has 0 spiro atoms. The largest absolute Gasteiger partial charge is 0.496 e. The molecular weight excluding hydrogens is 210 g/mol. The monoisotopic (exact) mass is 227 g/mol. The molecule has 1 aromatic rings. The van der Waals surface area contributed by atoms with Crippen molar-refractivity contribution in [3.8, 4) is 5.75 Å². The minimum atomic E-state index is -0.102. The third-order valence-electron chi connectivity index (χ3n) is 2.47. The Morgan fingerprint density at radius 2 is 2.07 bits per heavy atom. The molecule has 0 aliphatic carbocycles. The summed E-state index contributed by atoms with van der Waals surface area (Å²) in [5, 5.41) is 0. The maximum atomic E-state index is 5.88. The summed E-state index contributed by atoms with van der Waals surface area (Å²) in [5.74, 6) is 1.77. The first-order valence-corrected chi connectivity index (χ1v) is 5.63. The zero-order valence-corrected chi connectivity index (χ0v) is 10.2. The number of methoxy groups -OCH3 is 1. The van der Waals surface area contributed by atoms with E-state index in [1.165, 1.54) is 5.56 Å². The number of hydrogen-bond donors (Lipinski definition) is 1. The minimum Gasteiger partial charge on any atom is -0.496 e. The van der Waals surface area contributed by atoms with E-state index in [0.29, 0.717) is 11.8 Å². The summed E-state index contributed by atoms with van der Waals surface area (Å²) >= 11 is 5.74. The van der Waals surface area contributed by atoms with Gasteiger partial charge in [0.15, 0.2) is 0 Å². The van der Waals surface area contributed by atoms with Gasteiger partial charge in [-0.15, -0.1) is 11.6 Å². The normalized spacial score (nSPS) is 12.9. The van der Waals surface area contributed by atoms with Gasteiger partial charge < -0.3 is 10.5 Å². The molecule has 2 N–H and O–H groups in total. The highest BCUT2D eigenvalue weighted by molar-refractivity contribution is 6.18. The molecule has 0 aromatic heterocycles. The summed E-state index contributed by atoms with van der Waals surface area (Å²) in [7, 11) is 1.68. The second-order valence-corrected chi connectivity index (χ2v) is 4.23. The molecule has 0 heterocycles. The second-order valence-electron chi connectivity index (χ2n) is 3.92. The van der Waals surface area contributed by atoms with Crippen LogP contribution >= 0.6 is 11.6 Å². The molecule has 0 saturated heterocycles. The maximum Gasteiger partial charge on any atom is 0.122 e. The van der Waals surface area contributed by atoms with Gasteiger partial charge in [-0.05, 0) is 23.1 Å². The van der Waals surface area contributed by atoms with E-state index in [-0.39, 0.29) is 6.04 Å². The van der Waals surface area contributed by atoms with E-state index < -0.39 is 0 Å². The zero-order valence-electron chi connectivity index (χ0n) is 9.46. The van der Waals surface area contributed by atoms with Gasteiger partial charge in [-0.2, -0.15) is 0 Å². The van der Waals surface area contributed by atoms with Crippen LogP contribution in [0.5, 0.6) is 5.75 Å². The van der Waals surface area contributed by atoms with Crippen molar-refractivity contribution in [3.05, 3.63) is 29.3 Å². The highest BCUT2D eigenvalue weighted by atomic mass is 35.5. The van der Waals surface area contributed by atoms with Gasteiger partial charge >= 0.3 is 0 Å². The standard InChI is InChI=1S/C12H18ClNO/c1-8(2)10-6-9(11(14)7-13)4-5-12(10)15-3/h4-6,8,11H,7,14H2,1-3H3. The van der Waals surface area contributed by atoms with E-state index in [4.69, 9.17) is 22.1 Å². The van der Waals surface area contributed by atoms with Crippen molar-refractivity contribution in [2.45, 2.75) is 25.8 Å². The molecule has 1 atom stereocenters. The summed E-state index contributed by atoms with van der Waals surface area (Å²) < 4.78 is 5.30. The highest BCUT2D eigenvalue weighted by Gasteiger charge is 2.11. The van der Waals surface area contributed by atoms with Gasteiger partial charge in [-0.25, -0.2) is 0 Å². The Morgan fingerprint density at radius 3 is 2.53 bits per heavy atom. The number of benzene rings is 1. The van der Waals surface area contributed by atoms with Crippen molar-refractivity contribution in [1.82, 2.24) is 0 Å². The van der Waals surface area contributed by atoms with Gasteiger partial charge in [-0.1, -0.05) is 26.0 Å². The summed E-state index contributed by atoms with van der Waals surface area (Å²) in [6.07, 6.45) is 0.